The quantitative estimate of drug-likeness (QED) is 0.824. The SMILES string of the molecule is CC(=O)N(C)CC(=O)NCc1ccc2c(c1)CNC2. The van der Waals surface area contributed by atoms with Gasteiger partial charge in [-0.25, -0.2) is 0 Å². The highest BCUT2D eigenvalue weighted by molar-refractivity contribution is 5.83. The van der Waals surface area contributed by atoms with E-state index in [1.165, 1.54) is 23.0 Å². The molecule has 1 aliphatic heterocycles. The van der Waals surface area contributed by atoms with Gasteiger partial charge in [0.05, 0.1) is 6.54 Å². The Morgan fingerprint density at radius 1 is 1.32 bits per heavy atom. The smallest absolute Gasteiger partial charge is 0.239 e. The maximum atomic E-state index is 11.6. The van der Waals surface area contributed by atoms with Crippen LogP contribution in [0.2, 0.25) is 0 Å². The van der Waals surface area contributed by atoms with Crippen molar-refractivity contribution in [3.05, 3.63) is 34.9 Å². The monoisotopic (exact) mass is 261 g/mol. The zero-order chi connectivity index (χ0) is 13.8. The lowest BCUT2D eigenvalue weighted by molar-refractivity contribution is -0.133. The van der Waals surface area contributed by atoms with Crippen LogP contribution >= 0.6 is 0 Å². The zero-order valence-corrected chi connectivity index (χ0v) is 11.3. The Hall–Kier alpha value is -1.88. The Morgan fingerprint density at radius 2 is 2.05 bits per heavy atom. The zero-order valence-electron chi connectivity index (χ0n) is 11.3. The van der Waals surface area contributed by atoms with E-state index in [0.717, 1.165) is 18.7 Å². The lowest BCUT2D eigenvalue weighted by Crippen LogP contribution is -2.37. The van der Waals surface area contributed by atoms with E-state index in [0.29, 0.717) is 6.54 Å². The number of likely N-dealkylation sites (N-methyl/N-ethyl adjacent to an activating group) is 1. The van der Waals surface area contributed by atoms with E-state index in [1.807, 2.05) is 6.07 Å². The molecule has 1 aromatic rings. The molecule has 2 amide bonds. The highest BCUT2D eigenvalue weighted by atomic mass is 16.2. The van der Waals surface area contributed by atoms with Crippen molar-refractivity contribution in [2.45, 2.75) is 26.6 Å². The Bertz CT molecular complexity index is 499. The topological polar surface area (TPSA) is 61.4 Å². The first-order valence-corrected chi connectivity index (χ1v) is 6.36. The van der Waals surface area contributed by atoms with Crippen LogP contribution in [0.5, 0.6) is 0 Å². The van der Waals surface area contributed by atoms with Gasteiger partial charge in [0.25, 0.3) is 0 Å². The van der Waals surface area contributed by atoms with Crippen LogP contribution in [0, 0.1) is 0 Å². The molecular weight excluding hydrogens is 242 g/mol. The van der Waals surface area contributed by atoms with Gasteiger partial charge in [0.2, 0.25) is 11.8 Å². The maximum Gasteiger partial charge on any atom is 0.239 e. The number of amides is 2. The van der Waals surface area contributed by atoms with Crippen LogP contribution in [0.15, 0.2) is 18.2 Å². The molecular formula is C14H19N3O2. The molecule has 0 unspecified atom stereocenters. The molecule has 5 heteroatoms. The van der Waals surface area contributed by atoms with Crippen LogP contribution in [0.25, 0.3) is 0 Å². The molecule has 0 aliphatic carbocycles. The van der Waals surface area contributed by atoms with Crippen molar-refractivity contribution in [1.82, 2.24) is 15.5 Å². The summed E-state index contributed by atoms with van der Waals surface area (Å²) in [5.74, 6) is -0.255. The predicted molar refractivity (Wildman–Crippen MR) is 72.1 cm³/mol. The average molecular weight is 261 g/mol. The summed E-state index contributed by atoms with van der Waals surface area (Å²) in [5, 5.41) is 6.11. The molecule has 0 radical (unpaired) electrons. The van der Waals surface area contributed by atoms with Gasteiger partial charge in [-0.05, 0) is 16.7 Å². The molecule has 0 saturated heterocycles. The first kappa shape index (κ1) is 13.5. The van der Waals surface area contributed by atoms with Gasteiger partial charge in [0.1, 0.15) is 0 Å². The van der Waals surface area contributed by atoms with Crippen molar-refractivity contribution < 1.29 is 9.59 Å². The Kier molecular flexibility index (Phi) is 4.16. The fraction of sp³-hybridized carbons (Fsp3) is 0.429. The van der Waals surface area contributed by atoms with Crippen LogP contribution in [0.4, 0.5) is 0 Å². The third kappa shape index (κ3) is 3.54. The number of carbonyl (C=O) groups is 2. The van der Waals surface area contributed by atoms with Crippen molar-refractivity contribution in [2.75, 3.05) is 13.6 Å². The third-order valence-electron chi connectivity index (χ3n) is 3.31. The lowest BCUT2D eigenvalue weighted by atomic mass is 10.1. The Morgan fingerprint density at radius 3 is 2.79 bits per heavy atom. The van der Waals surface area contributed by atoms with Crippen molar-refractivity contribution >= 4 is 11.8 Å². The maximum absolute atomic E-state index is 11.6. The van der Waals surface area contributed by atoms with Gasteiger partial charge in [-0.2, -0.15) is 0 Å². The van der Waals surface area contributed by atoms with Crippen molar-refractivity contribution in [1.29, 1.82) is 0 Å². The minimum Gasteiger partial charge on any atom is -0.350 e. The number of fused-ring (bicyclic) bond motifs is 1. The second kappa shape index (κ2) is 5.84. The second-order valence-electron chi connectivity index (χ2n) is 4.86. The summed E-state index contributed by atoms with van der Waals surface area (Å²) < 4.78 is 0. The molecule has 1 aliphatic rings. The highest BCUT2D eigenvalue weighted by Gasteiger charge is 2.11. The first-order valence-electron chi connectivity index (χ1n) is 6.36. The molecule has 0 atom stereocenters. The summed E-state index contributed by atoms with van der Waals surface area (Å²) >= 11 is 0. The van der Waals surface area contributed by atoms with E-state index < -0.39 is 0 Å². The molecule has 0 spiro atoms. The van der Waals surface area contributed by atoms with E-state index in [9.17, 15) is 9.59 Å². The number of carbonyl (C=O) groups excluding carboxylic acids is 2. The number of hydrogen-bond acceptors (Lipinski definition) is 3. The molecule has 2 N–H and O–H groups in total. The molecule has 1 aromatic carbocycles. The van der Waals surface area contributed by atoms with Crippen LogP contribution in [-0.2, 0) is 29.2 Å². The van der Waals surface area contributed by atoms with Crippen LogP contribution < -0.4 is 10.6 Å². The Balaban J connectivity index is 1.85. The summed E-state index contributed by atoms with van der Waals surface area (Å²) in [7, 11) is 1.61. The van der Waals surface area contributed by atoms with Gasteiger partial charge in [-0.1, -0.05) is 18.2 Å². The van der Waals surface area contributed by atoms with Crippen LogP contribution in [0.3, 0.4) is 0 Å². The number of benzene rings is 1. The largest absolute Gasteiger partial charge is 0.350 e. The Labute approximate surface area is 113 Å². The molecule has 1 heterocycles. The first-order chi connectivity index (χ1) is 9.06. The summed E-state index contributed by atoms with van der Waals surface area (Å²) in [6.45, 7) is 3.86. The molecule has 0 bridgehead atoms. The number of rotatable bonds is 4. The summed E-state index contributed by atoms with van der Waals surface area (Å²) in [4.78, 5) is 24.1. The normalized spacial score (nSPS) is 12.9. The minimum absolute atomic E-state index is 0.0990. The molecule has 2 rings (SSSR count). The number of nitrogens with zero attached hydrogens (tertiary/aromatic N) is 1. The second-order valence-corrected chi connectivity index (χ2v) is 4.86. The average Bonchev–Trinajstić information content (AvgIpc) is 2.83. The predicted octanol–water partition coefficient (Wildman–Crippen LogP) is 0.384. The minimum atomic E-state index is -0.142. The standard InChI is InChI=1S/C14H19N3O2/c1-10(18)17(2)9-14(19)16-6-11-3-4-12-7-15-8-13(12)5-11/h3-5,15H,6-9H2,1-2H3,(H,16,19). The van der Waals surface area contributed by atoms with Crippen molar-refractivity contribution in [3.8, 4) is 0 Å². The van der Waals surface area contributed by atoms with E-state index in [4.69, 9.17) is 0 Å². The van der Waals surface area contributed by atoms with E-state index >= 15 is 0 Å². The van der Waals surface area contributed by atoms with Gasteiger partial charge in [0, 0.05) is 33.6 Å². The van der Waals surface area contributed by atoms with E-state index in [-0.39, 0.29) is 18.4 Å². The summed E-state index contributed by atoms with van der Waals surface area (Å²) in [5.41, 5.74) is 3.71. The highest BCUT2D eigenvalue weighted by Crippen LogP contribution is 2.16. The fourth-order valence-corrected chi connectivity index (χ4v) is 2.04. The van der Waals surface area contributed by atoms with Crippen LogP contribution in [-0.4, -0.2) is 30.3 Å². The number of hydrogen-bond donors (Lipinski definition) is 2. The molecule has 102 valence electrons. The lowest BCUT2D eigenvalue weighted by Gasteiger charge is -2.14. The van der Waals surface area contributed by atoms with Crippen LogP contribution in [0.1, 0.15) is 23.6 Å². The van der Waals surface area contributed by atoms with Gasteiger partial charge in [-0.15, -0.1) is 0 Å². The van der Waals surface area contributed by atoms with Crippen molar-refractivity contribution in [3.63, 3.8) is 0 Å². The molecule has 5 nitrogen and oxygen atoms in total. The third-order valence-corrected chi connectivity index (χ3v) is 3.31. The summed E-state index contributed by atoms with van der Waals surface area (Å²) in [6.07, 6.45) is 0. The summed E-state index contributed by atoms with van der Waals surface area (Å²) in [6, 6.07) is 6.24. The van der Waals surface area contributed by atoms with Gasteiger partial charge < -0.3 is 15.5 Å². The van der Waals surface area contributed by atoms with E-state index in [2.05, 4.69) is 22.8 Å². The van der Waals surface area contributed by atoms with Crippen molar-refractivity contribution in [2.24, 2.45) is 0 Å². The molecule has 0 saturated carbocycles. The van der Waals surface area contributed by atoms with Gasteiger partial charge >= 0.3 is 0 Å². The fourth-order valence-electron chi connectivity index (χ4n) is 2.04. The van der Waals surface area contributed by atoms with E-state index in [1.54, 1.807) is 7.05 Å². The van der Waals surface area contributed by atoms with Gasteiger partial charge in [0.15, 0.2) is 0 Å². The number of nitrogens with one attached hydrogen (secondary N) is 2. The van der Waals surface area contributed by atoms with Gasteiger partial charge in [-0.3, -0.25) is 9.59 Å². The molecule has 19 heavy (non-hydrogen) atoms. The molecule has 0 aromatic heterocycles. The molecule has 0 fully saturated rings.